The first-order chi connectivity index (χ1) is 16.4. The molecule has 5 rings (SSSR count). The number of methoxy groups -OCH3 is 1. The van der Waals surface area contributed by atoms with Crippen LogP contribution in [-0.4, -0.2) is 34.0 Å². The molecule has 1 aliphatic heterocycles. The van der Waals surface area contributed by atoms with Gasteiger partial charge < -0.3 is 9.64 Å². The van der Waals surface area contributed by atoms with Gasteiger partial charge in [-0.1, -0.05) is 41.6 Å². The normalized spacial score (nSPS) is 13.2. The number of hydrogen-bond acceptors (Lipinski definition) is 6. The highest BCUT2D eigenvalue weighted by Gasteiger charge is 2.26. The van der Waals surface area contributed by atoms with Crippen LogP contribution in [0.2, 0.25) is 0 Å². The highest BCUT2D eigenvalue weighted by atomic mass is 32.2. The summed E-state index contributed by atoms with van der Waals surface area (Å²) in [5.74, 6) is 1.50. The second kappa shape index (κ2) is 9.27. The molecule has 8 heteroatoms. The van der Waals surface area contributed by atoms with Gasteiger partial charge in [-0.3, -0.25) is 14.2 Å². The third-order valence-electron chi connectivity index (χ3n) is 6.07. The van der Waals surface area contributed by atoms with E-state index in [0.29, 0.717) is 35.8 Å². The van der Waals surface area contributed by atoms with Gasteiger partial charge in [-0.2, -0.15) is 0 Å². The Morgan fingerprint density at radius 1 is 1.21 bits per heavy atom. The number of fused-ring (bicyclic) bond motifs is 3. The summed E-state index contributed by atoms with van der Waals surface area (Å²) in [6.07, 6.45) is 0.671. The van der Waals surface area contributed by atoms with Crippen molar-refractivity contribution in [3.05, 3.63) is 80.5 Å². The van der Waals surface area contributed by atoms with Crippen molar-refractivity contribution >= 4 is 39.2 Å². The van der Waals surface area contributed by atoms with Crippen molar-refractivity contribution in [1.29, 1.82) is 0 Å². The summed E-state index contributed by atoms with van der Waals surface area (Å²) in [7, 11) is 1.62. The van der Waals surface area contributed by atoms with Gasteiger partial charge in [0, 0.05) is 24.1 Å². The van der Waals surface area contributed by atoms with Crippen LogP contribution in [-0.2, 0) is 23.5 Å². The number of rotatable bonds is 5. The third kappa shape index (κ3) is 4.23. The zero-order valence-electron chi connectivity index (χ0n) is 19.3. The highest BCUT2D eigenvalue weighted by molar-refractivity contribution is 7.98. The lowest BCUT2D eigenvalue weighted by Gasteiger charge is -2.25. The van der Waals surface area contributed by atoms with E-state index in [1.807, 2.05) is 35.2 Å². The molecular weight excluding hydrogens is 466 g/mol. The van der Waals surface area contributed by atoms with Crippen molar-refractivity contribution in [1.82, 2.24) is 14.5 Å². The van der Waals surface area contributed by atoms with E-state index < -0.39 is 0 Å². The van der Waals surface area contributed by atoms with Crippen LogP contribution in [0.5, 0.6) is 5.75 Å². The van der Waals surface area contributed by atoms with Crippen molar-refractivity contribution < 1.29 is 9.53 Å². The Kier molecular flexibility index (Phi) is 6.18. The quantitative estimate of drug-likeness (QED) is 0.292. The van der Waals surface area contributed by atoms with E-state index in [2.05, 4.69) is 25.1 Å². The molecule has 0 unspecified atom stereocenters. The van der Waals surface area contributed by atoms with E-state index in [9.17, 15) is 9.59 Å². The first-order valence-corrected chi connectivity index (χ1v) is 12.9. The molecule has 0 fully saturated rings. The largest absolute Gasteiger partial charge is 0.497 e. The highest BCUT2D eigenvalue weighted by Crippen LogP contribution is 2.35. The standard InChI is InChI=1S/C26H25N3O3S2/c1-16-5-4-6-18(13-16)15-33-26-27-24-23(21-11-12-28(17(2)30)14-22(21)34-24)25(31)29(26)19-7-9-20(32-3)10-8-19/h4-10,13H,11-12,14-15H2,1-3H3. The minimum Gasteiger partial charge on any atom is -0.497 e. The van der Waals surface area contributed by atoms with Crippen LogP contribution >= 0.6 is 23.1 Å². The Labute approximate surface area is 206 Å². The van der Waals surface area contributed by atoms with Gasteiger partial charge in [-0.15, -0.1) is 11.3 Å². The first-order valence-electron chi connectivity index (χ1n) is 11.1. The third-order valence-corrected chi connectivity index (χ3v) is 8.19. The van der Waals surface area contributed by atoms with Crippen LogP contribution in [0.25, 0.3) is 15.9 Å². The van der Waals surface area contributed by atoms with Gasteiger partial charge in [0.05, 0.1) is 24.7 Å². The Bertz CT molecular complexity index is 1440. The number of hydrogen-bond donors (Lipinski definition) is 0. The second-order valence-corrected chi connectivity index (χ2v) is 10.4. The van der Waals surface area contributed by atoms with Gasteiger partial charge in [-0.05, 0) is 48.7 Å². The molecule has 1 amide bonds. The molecule has 0 aliphatic carbocycles. The van der Waals surface area contributed by atoms with Crippen LogP contribution in [0.1, 0.15) is 28.5 Å². The number of amides is 1. The van der Waals surface area contributed by atoms with E-state index in [-0.39, 0.29) is 11.5 Å². The average molecular weight is 492 g/mol. The monoisotopic (exact) mass is 491 g/mol. The molecule has 0 radical (unpaired) electrons. The minimum absolute atomic E-state index is 0.0566. The summed E-state index contributed by atoms with van der Waals surface area (Å²) < 4.78 is 7.02. The van der Waals surface area contributed by atoms with Crippen LogP contribution in [0.4, 0.5) is 0 Å². The number of thioether (sulfide) groups is 1. The lowest BCUT2D eigenvalue weighted by atomic mass is 10.1. The van der Waals surface area contributed by atoms with Gasteiger partial charge >= 0.3 is 0 Å². The summed E-state index contributed by atoms with van der Waals surface area (Å²) in [5.41, 5.74) is 4.12. The number of aromatic nitrogens is 2. The minimum atomic E-state index is -0.0596. The summed E-state index contributed by atoms with van der Waals surface area (Å²) in [6.45, 7) is 4.83. The zero-order valence-corrected chi connectivity index (χ0v) is 21.0. The summed E-state index contributed by atoms with van der Waals surface area (Å²) >= 11 is 3.09. The van der Waals surface area contributed by atoms with Crippen LogP contribution < -0.4 is 10.3 Å². The molecule has 0 bridgehead atoms. The van der Waals surface area contributed by atoms with E-state index in [0.717, 1.165) is 26.7 Å². The van der Waals surface area contributed by atoms with Crippen molar-refractivity contribution in [2.75, 3.05) is 13.7 Å². The Hall–Kier alpha value is -3.10. The molecule has 6 nitrogen and oxygen atoms in total. The van der Waals surface area contributed by atoms with Gasteiger partial charge in [0.15, 0.2) is 5.16 Å². The van der Waals surface area contributed by atoms with Crippen molar-refractivity contribution in [3.63, 3.8) is 0 Å². The SMILES string of the molecule is COc1ccc(-n2c(SCc3cccc(C)c3)nc3sc4c(c3c2=O)CCN(C(C)=O)C4)cc1. The maximum Gasteiger partial charge on any atom is 0.267 e. The number of aryl methyl sites for hydroxylation is 1. The topological polar surface area (TPSA) is 64.4 Å². The van der Waals surface area contributed by atoms with Crippen LogP contribution in [0, 0.1) is 6.92 Å². The fourth-order valence-corrected chi connectivity index (χ4v) is 6.53. The molecule has 0 spiro atoms. The predicted molar refractivity (Wildman–Crippen MR) is 137 cm³/mol. The summed E-state index contributed by atoms with van der Waals surface area (Å²) in [5, 5.41) is 1.34. The molecule has 4 aromatic rings. The van der Waals surface area contributed by atoms with E-state index in [1.54, 1.807) is 30.4 Å². The molecule has 3 heterocycles. The van der Waals surface area contributed by atoms with Crippen LogP contribution in [0.15, 0.2) is 58.5 Å². The lowest BCUT2D eigenvalue weighted by Crippen LogP contribution is -2.34. The Balaban J connectivity index is 1.63. The smallest absolute Gasteiger partial charge is 0.267 e. The molecule has 0 saturated heterocycles. The molecule has 0 atom stereocenters. The van der Waals surface area contributed by atoms with Crippen molar-refractivity contribution in [3.8, 4) is 11.4 Å². The van der Waals surface area contributed by atoms with Crippen molar-refractivity contribution in [2.45, 2.75) is 37.7 Å². The number of carbonyl (C=O) groups is 1. The zero-order chi connectivity index (χ0) is 23.8. The lowest BCUT2D eigenvalue weighted by molar-refractivity contribution is -0.129. The number of nitrogens with zero attached hydrogens (tertiary/aromatic N) is 3. The number of carbonyl (C=O) groups excluding carboxylic acids is 1. The van der Waals surface area contributed by atoms with Gasteiger partial charge in [0.2, 0.25) is 5.91 Å². The molecule has 0 N–H and O–H groups in total. The molecule has 2 aromatic heterocycles. The fourth-order valence-electron chi connectivity index (χ4n) is 4.30. The maximum absolute atomic E-state index is 13.9. The number of ether oxygens (including phenoxy) is 1. The second-order valence-electron chi connectivity index (χ2n) is 8.39. The molecule has 2 aromatic carbocycles. The Morgan fingerprint density at radius 2 is 2.00 bits per heavy atom. The van der Waals surface area contributed by atoms with E-state index in [4.69, 9.17) is 9.72 Å². The first kappa shape index (κ1) is 22.7. The predicted octanol–water partition coefficient (Wildman–Crippen LogP) is 4.96. The van der Waals surface area contributed by atoms with E-state index >= 15 is 0 Å². The van der Waals surface area contributed by atoms with Crippen molar-refractivity contribution in [2.24, 2.45) is 0 Å². The molecule has 34 heavy (non-hydrogen) atoms. The number of thiophene rings is 1. The van der Waals surface area contributed by atoms with E-state index in [1.165, 1.54) is 22.5 Å². The average Bonchev–Trinajstić information content (AvgIpc) is 3.21. The molecule has 174 valence electrons. The molecular formula is C26H25N3O3S2. The maximum atomic E-state index is 13.9. The summed E-state index contributed by atoms with van der Waals surface area (Å²) in [6, 6.07) is 15.9. The molecule has 1 aliphatic rings. The fraction of sp³-hybridized carbons (Fsp3) is 0.269. The van der Waals surface area contributed by atoms with Gasteiger partial charge in [0.25, 0.3) is 5.56 Å². The van der Waals surface area contributed by atoms with Gasteiger partial charge in [0.1, 0.15) is 10.6 Å². The van der Waals surface area contributed by atoms with Gasteiger partial charge in [-0.25, -0.2) is 4.98 Å². The summed E-state index contributed by atoms with van der Waals surface area (Å²) in [4.78, 5) is 34.4. The number of benzene rings is 2. The molecule has 0 saturated carbocycles. The Morgan fingerprint density at radius 3 is 2.71 bits per heavy atom. The van der Waals surface area contributed by atoms with Crippen LogP contribution in [0.3, 0.4) is 0 Å².